The van der Waals surface area contributed by atoms with E-state index in [1.54, 1.807) is 30.3 Å². The van der Waals surface area contributed by atoms with Gasteiger partial charge in [-0.15, -0.1) is 0 Å². The third-order valence-corrected chi connectivity index (χ3v) is 4.12. The second kappa shape index (κ2) is 6.18. The van der Waals surface area contributed by atoms with Gasteiger partial charge in [0.1, 0.15) is 29.2 Å². The highest BCUT2D eigenvalue weighted by Crippen LogP contribution is 2.29. The van der Waals surface area contributed by atoms with E-state index < -0.39 is 5.82 Å². The first-order chi connectivity index (χ1) is 12.1. The number of hydrogen-bond acceptors (Lipinski definition) is 3. The highest BCUT2D eigenvalue weighted by Gasteiger charge is 2.12. The molecular formula is C19H10ClF2N3. The summed E-state index contributed by atoms with van der Waals surface area (Å²) in [6, 6.07) is 14.1. The molecule has 0 N–H and O–H groups in total. The fourth-order valence-corrected chi connectivity index (χ4v) is 2.69. The Kier molecular flexibility index (Phi) is 3.86. The molecule has 2 heterocycles. The summed E-state index contributed by atoms with van der Waals surface area (Å²) in [5.41, 5.74) is 3.64. The monoisotopic (exact) mass is 353 g/mol. The molecule has 0 aliphatic carbocycles. The molecule has 0 atom stereocenters. The summed E-state index contributed by atoms with van der Waals surface area (Å²) in [5.74, 6) is -0.842. The minimum atomic E-state index is -0.527. The van der Waals surface area contributed by atoms with Crippen molar-refractivity contribution in [3.05, 3.63) is 77.6 Å². The summed E-state index contributed by atoms with van der Waals surface area (Å²) in [4.78, 5) is 13.1. The number of halogens is 3. The fourth-order valence-electron chi connectivity index (χ4n) is 2.58. The van der Waals surface area contributed by atoms with Crippen LogP contribution in [0.2, 0.25) is 5.02 Å². The maximum Gasteiger partial charge on any atom is 0.142 e. The number of nitrogens with zero attached hydrogens (tertiary/aromatic N) is 3. The number of rotatable bonds is 2. The molecule has 0 aliphatic rings. The van der Waals surface area contributed by atoms with Gasteiger partial charge in [0, 0.05) is 11.1 Å². The van der Waals surface area contributed by atoms with Crippen LogP contribution in [0.25, 0.3) is 33.5 Å². The van der Waals surface area contributed by atoms with Crippen LogP contribution in [0, 0.1) is 11.6 Å². The van der Waals surface area contributed by atoms with Gasteiger partial charge in [-0.05, 0) is 48.5 Å². The van der Waals surface area contributed by atoms with Crippen molar-refractivity contribution in [2.24, 2.45) is 0 Å². The van der Waals surface area contributed by atoms with Crippen molar-refractivity contribution in [2.75, 3.05) is 0 Å². The van der Waals surface area contributed by atoms with Crippen LogP contribution in [0.15, 0.2) is 60.9 Å². The van der Waals surface area contributed by atoms with Gasteiger partial charge in [0.2, 0.25) is 0 Å². The van der Waals surface area contributed by atoms with Crippen molar-refractivity contribution in [3.8, 4) is 22.5 Å². The van der Waals surface area contributed by atoms with Gasteiger partial charge in [-0.1, -0.05) is 17.7 Å². The van der Waals surface area contributed by atoms with E-state index in [2.05, 4.69) is 15.0 Å². The van der Waals surface area contributed by atoms with Crippen molar-refractivity contribution in [2.45, 2.75) is 0 Å². The van der Waals surface area contributed by atoms with Gasteiger partial charge >= 0.3 is 0 Å². The van der Waals surface area contributed by atoms with Gasteiger partial charge in [0.15, 0.2) is 0 Å². The van der Waals surface area contributed by atoms with E-state index in [9.17, 15) is 8.78 Å². The molecule has 0 saturated carbocycles. The molecule has 0 spiro atoms. The summed E-state index contributed by atoms with van der Waals surface area (Å²) < 4.78 is 26.9. The van der Waals surface area contributed by atoms with E-state index in [1.165, 1.54) is 30.6 Å². The normalized spacial score (nSPS) is 11.0. The predicted octanol–water partition coefficient (Wildman–Crippen LogP) is 5.29. The molecule has 25 heavy (non-hydrogen) atoms. The molecule has 0 saturated heterocycles. The predicted molar refractivity (Wildman–Crippen MR) is 93.1 cm³/mol. The lowest BCUT2D eigenvalue weighted by molar-refractivity contribution is 0.628. The van der Waals surface area contributed by atoms with Gasteiger partial charge in [-0.3, -0.25) is 0 Å². The topological polar surface area (TPSA) is 38.7 Å². The molecule has 0 radical (unpaired) electrons. The lowest BCUT2D eigenvalue weighted by atomic mass is 10.1. The minimum absolute atomic E-state index is 0.0436. The van der Waals surface area contributed by atoms with Crippen LogP contribution < -0.4 is 0 Å². The molecular weight excluding hydrogens is 344 g/mol. The van der Waals surface area contributed by atoms with Crippen LogP contribution in [0.3, 0.4) is 0 Å². The van der Waals surface area contributed by atoms with Gasteiger partial charge in [0.25, 0.3) is 0 Å². The van der Waals surface area contributed by atoms with Gasteiger partial charge in [-0.2, -0.15) is 0 Å². The molecule has 0 aliphatic heterocycles. The van der Waals surface area contributed by atoms with Crippen LogP contribution in [-0.4, -0.2) is 15.0 Å². The maximum absolute atomic E-state index is 13.8. The Bertz CT molecular complexity index is 1080. The van der Waals surface area contributed by atoms with Crippen molar-refractivity contribution in [3.63, 3.8) is 0 Å². The van der Waals surface area contributed by atoms with Crippen molar-refractivity contribution in [1.82, 2.24) is 15.0 Å². The van der Waals surface area contributed by atoms with Crippen molar-refractivity contribution < 1.29 is 8.78 Å². The van der Waals surface area contributed by atoms with Crippen LogP contribution in [0.4, 0.5) is 8.78 Å². The first kappa shape index (κ1) is 15.6. The lowest BCUT2D eigenvalue weighted by Crippen LogP contribution is -1.94. The van der Waals surface area contributed by atoms with Crippen LogP contribution in [0.1, 0.15) is 0 Å². The molecule has 0 fully saturated rings. The Balaban J connectivity index is 1.91. The Morgan fingerprint density at radius 1 is 0.800 bits per heavy atom. The summed E-state index contributed by atoms with van der Waals surface area (Å²) in [7, 11) is 0. The lowest BCUT2D eigenvalue weighted by Gasteiger charge is -2.07. The molecule has 2 aromatic carbocycles. The Morgan fingerprint density at radius 3 is 2.32 bits per heavy atom. The summed E-state index contributed by atoms with van der Waals surface area (Å²) in [6.45, 7) is 0. The van der Waals surface area contributed by atoms with E-state index in [4.69, 9.17) is 11.6 Å². The SMILES string of the molecule is Fc1ccc(-c2ccc3ncnc(-c4ccc(Cl)c(F)c4)c3n2)cc1. The second-order valence-electron chi connectivity index (χ2n) is 5.42. The average Bonchev–Trinajstić information content (AvgIpc) is 2.64. The third kappa shape index (κ3) is 2.94. The summed E-state index contributed by atoms with van der Waals surface area (Å²) in [6.07, 6.45) is 1.41. The molecule has 4 rings (SSSR count). The van der Waals surface area contributed by atoms with Crippen molar-refractivity contribution in [1.29, 1.82) is 0 Å². The molecule has 0 unspecified atom stereocenters. The zero-order chi connectivity index (χ0) is 17.4. The van der Waals surface area contributed by atoms with Crippen molar-refractivity contribution >= 4 is 22.6 Å². The quantitative estimate of drug-likeness (QED) is 0.491. The summed E-state index contributed by atoms with van der Waals surface area (Å²) >= 11 is 5.75. The zero-order valence-corrected chi connectivity index (χ0v) is 13.5. The number of fused-ring (bicyclic) bond motifs is 1. The Hall–Kier alpha value is -2.92. The molecule has 0 amide bonds. The number of pyridine rings is 1. The van der Waals surface area contributed by atoms with E-state index >= 15 is 0 Å². The number of aromatic nitrogens is 3. The molecule has 4 aromatic rings. The standard InChI is InChI=1S/C19H10ClF2N3/c20-14-6-3-12(9-15(14)22)18-19-17(23-10-24-18)8-7-16(25-19)11-1-4-13(21)5-2-11/h1-10H. The van der Waals surface area contributed by atoms with Gasteiger partial charge < -0.3 is 0 Å². The van der Waals surface area contributed by atoms with Crippen LogP contribution in [-0.2, 0) is 0 Å². The third-order valence-electron chi connectivity index (χ3n) is 3.81. The van der Waals surface area contributed by atoms with Crippen LogP contribution >= 0.6 is 11.6 Å². The van der Waals surface area contributed by atoms with E-state index in [0.717, 1.165) is 5.56 Å². The highest BCUT2D eigenvalue weighted by molar-refractivity contribution is 6.30. The molecule has 0 bridgehead atoms. The number of benzene rings is 2. The molecule has 6 heteroatoms. The van der Waals surface area contributed by atoms with E-state index in [-0.39, 0.29) is 10.8 Å². The fraction of sp³-hybridized carbons (Fsp3) is 0. The Morgan fingerprint density at radius 2 is 1.56 bits per heavy atom. The average molecular weight is 354 g/mol. The molecule has 2 aromatic heterocycles. The maximum atomic E-state index is 13.8. The number of hydrogen-bond donors (Lipinski definition) is 0. The second-order valence-corrected chi connectivity index (χ2v) is 5.83. The largest absolute Gasteiger partial charge is 0.244 e. The minimum Gasteiger partial charge on any atom is -0.244 e. The van der Waals surface area contributed by atoms with Gasteiger partial charge in [-0.25, -0.2) is 23.7 Å². The van der Waals surface area contributed by atoms with E-state index in [0.29, 0.717) is 28.0 Å². The van der Waals surface area contributed by atoms with Crippen LogP contribution in [0.5, 0.6) is 0 Å². The van der Waals surface area contributed by atoms with Gasteiger partial charge in [0.05, 0.1) is 16.2 Å². The first-order valence-corrected chi connectivity index (χ1v) is 7.83. The highest BCUT2D eigenvalue weighted by atomic mass is 35.5. The molecule has 122 valence electrons. The summed E-state index contributed by atoms with van der Waals surface area (Å²) in [5, 5.41) is 0.0436. The molecule has 3 nitrogen and oxygen atoms in total. The first-order valence-electron chi connectivity index (χ1n) is 7.45. The van der Waals surface area contributed by atoms with E-state index in [1.807, 2.05) is 0 Å². The zero-order valence-electron chi connectivity index (χ0n) is 12.7. The smallest absolute Gasteiger partial charge is 0.142 e. The Labute approximate surface area is 147 Å².